The molecule has 0 aliphatic heterocycles. The Bertz CT molecular complexity index is 707. The van der Waals surface area contributed by atoms with Crippen molar-refractivity contribution in [2.45, 2.75) is 50.8 Å². The van der Waals surface area contributed by atoms with E-state index in [1.54, 1.807) is 11.8 Å². The van der Waals surface area contributed by atoms with Gasteiger partial charge in [-0.05, 0) is 35.6 Å². The molecule has 0 bridgehead atoms. The first-order valence-electron chi connectivity index (χ1n) is 10.3. The molecule has 3 heteroatoms. The van der Waals surface area contributed by atoms with Crippen molar-refractivity contribution in [2.75, 3.05) is 12.4 Å². The van der Waals surface area contributed by atoms with Gasteiger partial charge in [-0.2, -0.15) is 0 Å². The monoisotopic (exact) mass is 396 g/mol. The fourth-order valence-electron chi connectivity index (χ4n) is 2.87. The van der Waals surface area contributed by atoms with Gasteiger partial charge in [0.05, 0.1) is 13.0 Å². The Morgan fingerprint density at radius 1 is 1.00 bits per heavy atom. The summed E-state index contributed by atoms with van der Waals surface area (Å²) in [5.74, 6) is 1.18. The first kappa shape index (κ1) is 22.3. The number of ether oxygens (including phenoxy) is 1. The molecule has 150 valence electrons. The molecule has 1 unspecified atom stereocenters. The molecule has 2 aromatic carbocycles. The van der Waals surface area contributed by atoms with Crippen molar-refractivity contribution in [1.82, 2.24) is 0 Å². The lowest BCUT2D eigenvalue weighted by Crippen LogP contribution is -2.14. The van der Waals surface area contributed by atoms with Crippen molar-refractivity contribution in [1.29, 1.82) is 0 Å². The third-order valence-electron chi connectivity index (χ3n) is 4.75. The second-order valence-electron chi connectivity index (χ2n) is 7.01. The van der Waals surface area contributed by atoms with Crippen LogP contribution >= 0.6 is 11.8 Å². The van der Waals surface area contributed by atoms with Crippen molar-refractivity contribution in [3.8, 4) is 0 Å². The molecule has 0 amide bonds. The highest BCUT2D eigenvalue weighted by molar-refractivity contribution is 7.99. The van der Waals surface area contributed by atoms with Crippen LogP contribution in [0.4, 0.5) is 0 Å². The van der Waals surface area contributed by atoms with Crippen molar-refractivity contribution in [3.63, 3.8) is 0 Å². The summed E-state index contributed by atoms with van der Waals surface area (Å²) in [5, 5.41) is 0. The van der Waals surface area contributed by atoms with E-state index in [-0.39, 0.29) is 5.97 Å². The first-order chi connectivity index (χ1) is 13.7. The second-order valence-corrected chi connectivity index (χ2v) is 8.18. The van der Waals surface area contributed by atoms with Gasteiger partial charge in [0.2, 0.25) is 0 Å². The lowest BCUT2D eigenvalue weighted by Gasteiger charge is -2.14. The van der Waals surface area contributed by atoms with Crippen LogP contribution < -0.4 is 0 Å². The van der Waals surface area contributed by atoms with Gasteiger partial charge in [-0.3, -0.25) is 4.79 Å². The van der Waals surface area contributed by atoms with Crippen LogP contribution in [-0.2, 0) is 9.53 Å². The minimum absolute atomic E-state index is 0.0788. The van der Waals surface area contributed by atoms with Crippen LogP contribution in [0, 0.1) is 5.92 Å². The summed E-state index contributed by atoms with van der Waals surface area (Å²) in [7, 11) is 0. The fraction of sp³-hybridized carbons (Fsp3) is 0.400. The van der Waals surface area contributed by atoms with E-state index in [4.69, 9.17) is 4.74 Å². The van der Waals surface area contributed by atoms with E-state index >= 15 is 0 Å². The smallest absolute Gasteiger partial charge is 0.306 e. The van der Waals surface area contributed by atoms with Gasteiger partial charge in [0.25, 0.3) is 0 Å². The molecule has 1 atom stereocenters. The Labute approximate surface area is 174 Å². The predicted molar refractivity (Wildman–Crippen MR) is 121 cm³/mol. The zero-order chi connectivity index (χ0) is 20.0. The molecular weight excluding hydrogens is 364 g/mol. The minimum atomic E-state index is -0.0788. The maximum absolute atomic E-state index is 12.0. The van der Waals surface area contributed by atoms with E-state index in [0.29, 0.717) is 18.9 Å². The Hall–Kier alpha value is -2.00. The van der Waals surface area contributed by atoms with Gasteiger partial charge < -0.3 is 4.74 Å². The third-order valence-corrected chi connectivity index (χ3v) is 5.76. The molecule has 0 aromatic heterocycles. The third kappa shape index (κ3) is 8.79. The molecule has 0 N–H and O–H groups in total. The Morgan fingerprint density at radius 3 is 2.32 bits per heavy atom. The molecule has 0 fully saturated rings. The molecule has 0 aliphatic rings. The van der Waals surface area contributed by atoms with Crippen molar-refractivity contribution < 1.29 is 9.53 Å². The van der Waals surface area contributed by atoms with E-state index in [1.807, 2.05) is 18.2 Å². The van der Waals surface area contributed by atoms with Crippen molar-refractivity contribution in [3.05, 3.63) is 65.7 Å². The van der Waals surface area contributed by atoms with Gasteiger partial charge in [-0.25, -0.2) is 0 Å². The number of carbonyl (C=O) groups is 1. The molecule has 0 radical (unpaired) electrons. The average Bonchev–Trinajstić information content (AvgIpc) is 2.74. The van der Waals surface area contributed by atoms with Gasteiger partial charge in [-0.15, -0.1) is 11.8 Å². The van der Waals surface area contributed by atoms with E-state index in [1.165, 1.54) is 28.9 Å². The van der Waals surface area contributed by atoms with Crippen LogP contribution in [-0.4, -0.2) is 18.3 Å². The molecule has 0 heterocycles. The van der Waals surface area contributed by atoms with Gasteiger partial charge in [0.15, 0.2) is 0 Å². The molecule has 2 rings (SSSR count). The van der Waals surface area contributed by atoms with Crippen LogP contribution in [0.2, 0.25) is 0 Å². The summed E-state index contributed by atoms with van der Waals surface area (Å²) in [6, 6.07) is 18.7. The quantitative estimate of drug-likeness (QED) is 0.217. The number of hydrogen-bond acceptors (Lipinski definition) is 3. The summed E-state index contributed by atoms with van der Waals surface area (Å²) >= 11 is 1.70. The summed E-state index contributed by atoms with van der Waals surface area (Å²) in [6.07, 6.45) is 9.33. The van der Waals surface area contributed by atoms with E-state index in [2.05, 4.69) is 62.4 Å². The van der Waals surface area contributed by atoms with Crippen LogP contribution in [0.15, 0.2) is 59.5 Å². The minimum Gasteiger partial charge on any atom is -0.465 e. The topological polar surface area (TPSA) is 26.3 Å². The Kier molecular flexibility index (Phi) is 10.5. The van der Waals surface area contributed by atoms with Crippen molar-refractivity contribution in [2.24, 2.45) is 5.92 Å². The number of rotatable bonds is 12. The van der Waals surface area contributed by atoms with Crippen LogP contribution in [0.1, 0.15) is 57.1 Å². The van der Waals surface area contributed by atoms with Gasteiger partial charge in [-0.1, -0.05) is 87.7 Å². The average molecular weight is 397 g/mol. The maximum atomic E-state index is 12.0. The largest absolute Gasteiger partial charge is 0.465 e. The Morgan fingerprint density at radius 2 is 1.68 bits per heavy atom. The summed E-state index contributed by atoms with van der Waals surface area (Å²) < 4.78 is 5.46. The summed E-state index contributed by atoms with van der Waals surface area (Å²) in [4.78, 5) is 13.1. The van der Waals surface area contributed by atoms with Crippen LogP contribution in [0.25, 0.3) is 12.2 Å². The number of hydrogen-bond donors (Lipinski definition) is 0. The van der Waals surface area contributed by atoms with Gasteiger partial charge in [0, 0.05) is 10.6 Å². The summed E-state index contributed by atoms with van der Waals surface area (Å²) in [5.41, 5.74) is 2.37. The zero-order valence-electron chi connectivity index (χ0n) is 17.1. The zero-order valence-corrected chi connectivity index (χ0v) is 17.9. The molecule has 0 saturated carbocycles. The molecule has 2 nitrogen and oxygen atoms in total. The number of unbranched alkanes of at least 4 members (excludes halogenated alkanes) is 1. The van der Waals surface area contributed by atoms with Crippen LogP contribution in [0.3, 0.4) is 0 Å². The lowest BCUT2D eigenvalue weighted by molar-refractivity contribution is -0.144. The highest BCUT2D eigenvalue weighted by atomic mass is 32.2. The standard InChI is InChI=1S/C25H32O2S/c1-3-5-9-21(4-2)20-27-25(26)18-19-28-24-16-14-23(15-17-24)13-12-22-10-7-6-8-11-22/h6-8,10-17,21H,3-5,9,18-20H2,1-2H3/b13-12+. The van der Waals surface area contributed by atoms with E-state index in [0.717, 1.165) is 18.6 Å². The van der Waals surface area contributed by atoms with Gasteiger partial charge in [0.1, 0.15) is 0 Å². The summed E-state index contributed by atoms with van der Waals surface area (Å²) in [6.45, 7) is 4.94. The fourth-order valence-corrected chi connectivity index (χ4v) is 3.70. The molecule has 0 aliphatic carbocycles. The molecule has 2 aromatic rings. The number of carbonyl (C=O) groups excluding carboxylic acids is 1. The molecule has 28 heavy (non-hydrogen) atoms. The molecule has 0 saturated heterocycles. The number of esters is 1. The highest BCUT2D eigenvalue weighted by Crippen LogP contribution is 2.21. The SMILES string of the molecule is CCCCC(CC)COC(=O)CCSc1ccc(/C=C/c2ccccc2)cc1. The first-order valence-corrected chi connectivity index (χ1v) is 11.3. The lowest BCUT2D eigenvalue weighted by atomic mass is 10.0. The second kappa shape index (κ2) is 13.2. The number of thioether (sulfide) groups is 1. The number of benzene rings is 2. The molecular formula is C25H32O2S. The van der Waals surface area contributed by atoms with Gasteiger partial charge >= 0.3 is 5.97 Å². The van der Waals surface area contributed by atoms with Crippen molar-refractivity contribution >= 4 is 29.9 Å². The van der Waals surface area contributed by atoms with E-state index < -0.39 is 0 Å². The molecule has 0 spiro atoms. The highest BCUT2D eigenvalue weighted by Gasteiger charge is 2.10. The normalized spacial score (nSPS) is 12.2. The maximum Gasteiger partial charge on any atom is 0.306 e. The van der Waals surface area contributed by atoms with E-state index in [9.17, 15) is 4.79 Å². The Balaban J connectivity index is 1.68. The predicted octanol–water partition coefficient (Wildman–Crippen LogP) is 7.10. The van der Waals surface area contributed by atoms with Crippen LogP contribution in [0.5, 0.6) is 0 Å².